The number of hydrogen-bond acceptors (Lipinski definition) is 5. The largest absolute Gasteiger partial charge is 0.486 e. The van der Waals surface area contributed by atoms with Crippen molar-refractivity contribution < 1.29 is 19.0 Å². The minimum Gasteiger partial charge on any atom is -0.486 e. The second kappa shape index (κ2) is 6.19. The lowest BCUT2D eigenvalue weighted by Crippen LogP contribution is -2.22. The summed E-state index contributed by atoms with van der Waals surface area (Å²) in [7, 11) is 1.42. The average Bonchev–Trinajstić information content (AvgIpc) is 2.45. The first-order chi connectivity index (χ1) is 9.11. The van der Waals surface area contributed by atoms with Crippen molar-refractivity contribution in [3.63, 3.8) is 0 Å². The Bertz CT molecular complexity index is 461. The summed E-state index contributed by atoms with van der Waals surface area (Å²) in [5.74, 6) is 1.22. The van der Waals surface area contributed by atoms with Crippen LogP contribution in [0.4, 0.5) is 0 Å². The van der Waals surface area contributed by atoms with Crippen LogP contribution in [0.5, 0.6) is 11.5 Å². The van der Waals surface area contributed by atoms with Gasteiger partial charge in [0.2, 0.25) is 0 Å². The van der Waals surface area contributed by atoms with E-state index in [4.69, 9.17) is 14.2 Å². The molecule has 0 saturated heterocycles. The molecule has 1 aliphatic heterocycles. The maximum Gasteiger partial charge on any atom is 0.309 e. The molecular weight excluding hydrogens is 264 g/mol. The molecule has 1 aromatic rings. The second-order valence-electron chi connectivity index (χ2n) is 4.44. The maximum absolute atomic E-state index is 11.5. The zero-order chi connectivity index (χ0) is 13.8. The lowest BCUT2D eigenvalue weighted by Gasteiger charge is -2.20. The van der Waals surface area contributed by atoms with Gasteiger partial charge in [0.15, 0.2) is 11.5 Å². The van der Waals surface area contributed by atoms with Gasteiger partial charge in [-0.25, -0.2) is 0 Å². The molecule has 1 aliphatic rings. The Labute approximate surface area is 117 Å². The van der Waals surface area contributed by atoms with Crippen molar-refractivity contribution >= 4 is 17.7 Å². The van der Waals surface area contributed by atoms with Gasteiger partial charge < -0.3 is 14.2 Å². The Hall–Kier alpha value is -1.36. The average molecular weight is 282 g/mol. The number of ether oxygens (including phenoxy) is 3. The highest BCUT2D eigenvalue weighted by molar-refractivity contribution is 8.00. The first-order valence-corrected chi connectivity index (χ1v) is 7.14. The molecule has 4 nitrogen and oxygen atoms in total. The van der Waals surface area contributed by atoms with Crippen molar-refractivity contribution in [1.82, 2.24) is 0 Å². The standard InChI is InChI=1S/C14H18O4S/c1-9(14(15)16-3)10(2)19-11-4-5-12-13(8-11)18-7-6-17-12/h4-5,8-10H,6-7H2,1-3H3. The molecule has 5 heteroatoms. The van der Waals surface area contributed by atoms with Crippen LogP contribution >= 0.6 is 11.8 Å². The number of methoxy groups -OCH3 is 1. The van der Waals surface area contributed by atoms with E-state index < -0.39 is 0 Å². The van der Waals surface area contributed by atoms with E-state index in [0.717, 1.165) is 16.4 Å². The van der Waals surface area contributed by atoms with Gasteiger partial charge in [-0.15, -0.1) is 11.8 Å². The lowest BCUT2D eigenvalue weighted by molar-refractivity contribution is -0.144. The highest BCUT2D eigenvalue weighted by Gasteiger charge is 2.22. The molecule has 0 fully saturated rings. The summed E-state index contributed by atoms with van der Waals surface area (Å²) in [6.45, 7) is 5.06. The Morgan fingerprint density at radius 1 is 1.26 bits per heavy atom. The summed E-state index contributed by atoms with van der Waals surface area (Å²) in [4.78, 5) is 12.6. The van der Waals surface area contributed by atoms with E-state index >= 15 is 0 Å². The van der Waals surface area contributed by atoms with Gasteiger partial charge in [-0.2, -0.15) is 0 Å². The molecule has 104 valence electrons. The van der Waals surface area contributed by atoms with Gasteiger partial charge in [0.25, 0.3) is 0 Å². The molecule has 0 N–H and O–H groups in total. The molecule has 2 atom stereocenters. The van der Waals surface area contributed by atoms with Crippen molar-refractivity contribution in [3.8, 4) is 11.5 Å². The van der Waals surface area contributed by atoms with Gasteiger partial charge in [-0.05, 0) is 18.2 Å². The highest BCUT2D eigenvalue weighted by Crippen LogP contribution is 2.36. The Morgan fingerprint density at radius 3 is 2.63 bits per heavy atom. The predicted molar refractivity (Wildman–Crippen MR) is 73.9 cm³/mol. The molecule has 0 bridgehead atoms. The van der Waals surface area contributed by atoms with Crippen LogP contribution in [0.15, 0.2) is 23.1 Å². The summed E-state index contributed by atoms with van der Waals surface area (Å²) in [6.07, 6.45) is 0. The molecular formula is C14H18O4S. The number of esters is 1. The predicted octanol–water partition coefficient (Wildman–Crippen LogP) is 2.75. The molecule has 0 amide bonds. The normalized spacial score (nSPS) is 16.6. The third-order valence-corrected chi connectivity index (χ3v) is 4.42. The fourth-order valence-electron chi connectivity index (χ4n) is 1.79. The highest BCUT2D eigenvalue weighted by atomic mass is 32.2. The van der Waals surface area contributed by atoms with Crippen molar-refractivity contribution in [1.29, 1.82) is 0 Å². The van der Waals surface area contributed by atoms with Crippen LogP contribution in [0.3, 0.4) is 0 Å². The molecule has 1 heterocycles. The lowest BCUT2D eigenvalue weighted by atomic mass is 10.1. The van der Waals surface area contributed by atoms with Crippen LogP contribution in [-0.2, 0) is 9.53 Å². The maximum atomic E-state index is 11.5. The molecule has 19 heavy (non-hydrogen) atoms. The summed E-state index contributed by atoms with van der Waals surface area (Å²) in [5, 5.41) is 0.134. The third kappa shape index (κ3) is 3.35. The van der Waals surface area contributed by atoms with Crippen LogP contribution in [0.1, 0.15) is 13.8 Å². The Morgan fingerprint density at radius 2 is 1.95 bits per heavy atom. The number of carbonyl (C=O) groups is 1. The van der Waals surface area contributed by atoms with Crippen LogP contribution < -0.4 is 9.47 Å². The van der Waals surface area contributed by atoms with Crippen molar-refractivity contribution in [2.45, 2.75) is 24.0 Å². The number of rotatable bonds is 4. The van der Waals surface area contributed by atoms with Crippen molar-refractivity contribution in [2.24, 2.45) is 5.92 Å². The first kappa shape index (κ1) is 14.1. The zero-order valence-electron chi connectivity index (χ0n) is 11.3. The SMILES string of the molecule is COC(=O)C(C)C(C)Sc1ccc2c(c1)OCCO2. The minimum atomic E-state index is -0.183. The topological polar surface area (TPSA) is 44.8 Å². The van der Waals surface area contributed by atoms with Crippen molar-refractivity contribution in [2.75, 3.05) is 20.3 Å². The molecule has 0 radical (unpaired) electrons. The number of fused-ring (bicyclic) bond motifs is 1. The van der Waals surface area contributed by atoms with E-state index in [0.29, 0.717) is 13.2 Å². The van der Waals surface area contributed by atoms with E-state index in [2.05, 4.69) is 0 Å². The molecule has 0 saturated carbocycles. The number of benzene rings is 1. The molecule has 2 rings (SSSR count). The Balaban J connectivity index is 2.04. The summed E-state index contributed by atoms with van der Waals surface area (Å²) in [6, 6.07) is 5.85. The number of hydrogen-bond donors (Lipinski definition) is 0. The smallest absolute Gasteiger partial charge is 0.309 e. The monoisotopic (exact) mass is 282 g/mol. The molecule has 0 aromatic heterocycles. The van der Waals surface area contributed by atoms with Gasteiger partial charge in [0.05, 0.1) is 13.0 Å². The van der Waals surface area contributed by atoms with Crippen LogP contribution in [0.2, 0.25) is 0 Å². The summed E-state index contributed by atoms with van der Waals surface area (Å²) >= 11 is 1.63. The van der Waals surface area contributed by atoms with Gasteiger partial charge in [-0.1, -0.05) is 13.8 Å². The van der Waals surface area contributed by atoms with Gasteiger partial charge >= 0.3 is 5.97 Å². The first-order valence-electron chi connectivity index (χ1n) is 6.26. The summed E-state index contributed by atoms with van der Waals surface area (Å²) in [5.41, 5.74) is 0. The van der Waals surface area contributed by atoms with Gasteiger partial charge in [0.1, 0.15) is 13.2 Å². The summed E-state index contributed by atoms with van der Waals surface area (Å²) < 4.78 is 15.8. The Kier molecular flexibility index (Phi) is 4.58. The zero-order valence-corrected chi connectivity index (χ0v) is 12.2. The quantitative estimate of drug-likeness (QED) is 0.627. The fourth-order valence-corrected chi connectivity index (χ4v) is 2.86. The van der Waals surface area contributed by atoms with Crippen LogP contribution in [0, 0.1) is 5.92 Å². The van der Waals surface area contributed by atoms with E-state index in [1.165, 1.54) is 7.11 Å². The van der Waals surface area contributed by atoms with Crippen LogP contribution in [-0.4, -0.2) is 31.5 Å². The van der Waals surface area contributed by atoms with E-state index in [9.17, 15) is 4.79 Å². The van der Waals surface area contributed by atoms with Gasteiger partial charge in [-0.3, -0.25) is 4.79 Å². The van der Waals surface area contributed by atoms with E-state index in [1.807, 2.05) is 32.0 Å². The molecule has 0 spiro atoms. The molecule has 0 aliphatic carbocycles. The van der Waals surface area contributed by atoms with E-state index in [1.54, 1.807) is 11.8 Å². The minimum absolute atomic E-state index is 0.134. The van der Waals surface area contributed by atoms with Crippen molar-refractivity contribution in [3.05, 3.63) is 18.2 Å². The second-order valence-corrected chi connectivity index (χ2v) is 5.89. The molecule has 1 aromatic carbocycles. The van der Waals surface area contributed by atoms with Crippen LogP contribution in [0.25, 0.3) is 0 Å². The van der Waals surface area contributed by atoms with E-state index in [-0.39, 0.29) is 17.1 Å². The fraction of sp³-hybridized carbons (Fsp3) is 0.500. The molecule has 2 unspecified atom stereocenters. The third-order valence-electron chi connectivity index (χ3n) is 3.11. The number of thioether (sulfide) groups is 1. The number of carbonyl (C=O) groups excluding carboxylic acids is 1. The van der Waals surface area contributed by atoms with Gasteiger partial charge in [0, 0.05) is 10.1 Å².